The molecule has 0 aliphatic heterocycles. The lowest BCUT2D eigenvalue weighted by atomic mass is 9.91. The van der Waals surface area contributed by atoms with Gasteiger partial charge in [-0.3, -0.25) is 19.4 Å². The van der Waals surface area contributed by atoms with E-state index in [0.29, 0.717) is 35.3 Å². The second-order valence-corrected chi connectivity index (χ2v) is 14.6. The standard InChI is InChI=1S/C15H23NO5.C14H20N2O5.C7H8N2O.C7H14O5/c1-9(13(19)8-17)14(20)12(18)7-6-10-4-2-3-5-11(10)15(16)21;1-8(12(19)7-17)13(20)11(18)6-16-10-5-3-2-4-9(10)14(15)21;8-6-3-1-2-4-7(6)9-5-10;1-4(5(10)2-8)7(12)6(11)3-9/h2-5,9,12-14,17-20H,6-8H2,1H3,(H2,16,21);2-6,8,11-13,17-20H,7H2,1H3,(H2,15,21);1-5H,8H2,(H,9,10);3-8,10-12H,2H2,1H3. The molecule has 0 saturated heterocycles. The van der Waals surface area contributed by atoms with E-state index in [0.717, 1.165) is 6.21 Å². The summed E-state index contributed by atoms with van der Waals surface area (Å²) in [6, 6.07) is 20.2. The maximum atomic E-state index is 11.3. The Hall–Kier alpha value is -5.27. The van der Waals surface area contributed by atoms with Gasteiger partial charge in [-0.1, -0.05) is 63.2 Å². The van der Waals surface area contributed by atoms with Gasteiger partial charge in [-0.05, 0) is 48.7 Å². The van der Waals surface area contributed by atoms with Crippen LogP contribution in [0.25, 0.3) is 0 Å². The highest BCUT2D eigenvalue weighted by Gasteiger charge is 2.29. The monoisotopic (exact) mass is 907 g/mol. The molecule has 0 radical (unpaired) electrons. The number of carbonyl (C=O) groups is 4. The van der Waals surface area contributed by atoms with Crippen molar-refractivity contribution in [1.29, 1.82) is 0 Å². The highest BCUT2D eigenvalue weighted by atomic mass is 16.4. The van der Waals surface area contributed by atoms with Crippen LogP contribution < -0.4 is 22.5 Å². The summed E-state index contributed by atoms with van der Waals surface area (Å²) in [7, 11) is 0. The number of anilines is 2. The fraction of sp³-hybridized carbons (Fsp3) is 0.465. The summed E-state index contributed by atoms with van der Waals surface area (Å²) in [5.74, 6) is -3.33. The van der Waals surface area contributed by atoms with Crippen molar-refractivity contribution in [2.75, 3.05) is 30.9 Å². The number of para-hydroxylation sites is 3. The highest BCUT2D eigenvalue weighted by molar-refractivity contribution is 5.98. The van der Waals surface area contributed by atoms with Crippen LogP contribution in [0.3, 0.4) is 0 Å². The lowest BCUT2D eigenvalue weighted by molar-refractivity contribution is -0.125. The minimum Gasteiger partial charge on any atom is -0.397 e. The fourth-order valence-electron chi connectivity index (χ4n) is 5.42. The van der Waals surface area contributed by atoms with Crippen molar-refractivity contribution in [1.82, 2.24) is 0 Å². The van der Waals surface area contributed by atoms with Crippen LogP contribution in [0.4, 0.5) is 17.1 Å². The van der Waals surface area contributed by atoms with Crippen LogP contribution in [0, 0.1) is 17.8 Å². The van der Waals surface area contributed by atoms with Gasteiger partial charge in [0.05, 0.1) is 85.2 Å². The number of amides is 3. The Bertz CT molecular complexity index is 1840. The molecule has 0 aliphatic carbocycles. The van der Waals surface area contributed by atoms with Gasteiger partial charge in [0.1, 0.15) is 12.2 Å². The van der Waals surface area contributed by atoms with Gasteiger partial charge in [0, 0.05) is 29.5 Å². The van der Waals surface area contributed by atoms with Crippen LogP contribution in [-0.2, 0) is 16.0 Å². The lowest BCUT2D eigenvalue weighted by Crippen LogP contribution is -2.40. The number of hydrogen-bond donors (Lipinski definition) is 16. The number of nitrogens with one attached hydrogen (secondary N) is 1. The second-order valence-electron chi connectivity index (χ2n) is 14.6. The zero-order valence-electron chi connectivity index (χ0n) is 35.8. The number of aliphatic imine (C=N–C) groups is 1. The summed E-state index contributed by atoms with van der Waals surface area (Å²) < 4.78 is 0. The molecular formula is C43H65N5O16. The first kappa shape index (κ1) is 58.7. The fourth-order valence-corrected chi connectivity index (χ4v) is 5.42. The number of nitrogens with zero attached hydrogens (tertiary/aromatic N) is 1. The number of carbonyl (C=O) groups excluding carboxylic acids is 4. The van der Waals surface area contributed by atoms with E-state index in [-0.39, 0.29) is 24.0 Å². The number of aryl methyl sites for hydroxylation is 1. The van der Waals surface area contributed by atoms with Crippen LogP contribution >= 0.6 is 0 Å². The second kappa shape index (κ2) is 31.6. The van der Waals surface area contributed by atoms with E-state index in [1.807, 2.05) is 12.1 Å². The van der Waals surface area contributed by atoms with E-state index in [1.54, 1.807) is 61.5 Å². The van der Waals surface area contributed by atoms with Gasteiger partial charge in [0.2, 0.25) is 12.3 Å². The summed E-state index contributed by atoms with van der Waals surface area (Å²) in [5.41, 5.74) is 18.7. The minimum atomic E-state index is -1.51. The molecule has 3 rings (SSSR count). The summed E-state index contributed by atoms with van der Waals surface area (Å²) in [6.07, 6.45) is -8.68. The lowest BCUT2D eigenvalue weighted by Gasteiger charge is -2.26. The Labute approximate surface area is 370 Å². The molecule has 12 unspecified atom stereocenters. The third-order valence-electron chi connectivity index (χ3n) is 9.93. The van der Waals surface area contributed by atoms with E-state index >= 15 is 0 Å². The zero-order chi connectivity index (χ0) is 49.1. The molecule has 358 valence electrons. The van der Waals surface area contributed by atoms with Crippen LogP contribution in [0.1, 0.15) is 53.5 Å². The zero-order valence-corrected chi connectivity index (χ0v) is 35.8. The average molecular weight is 908 g/mol. The molecule has 0 fully saturated rings. The predicted octanol–water partition coefficient (Wildman–Crippen LogP) is -2.64. The predicted molar refractivity (Wildman–Crippen MR) is 236 cm³/mol. The maximum absolute atomic E-state index is 11.3. The third-order valence-corrected chi connectivity index (χ3v) is 9.93. The number of rotatable bonds is 22. The van der Waals surface area contributed by atoms with E-state index < -0.39 is 104 Å². The third kappa shape index (κ3) is 20.5. The first-order valence-corrected chi connectivity index (χ1v) is 19.9. The quantitative estimate of drug-likeness (QED) is 0.0278. The van der Waals surface area contributed by atoms with Crippen LogP contribution in [0.15, 0.2) is 77.8 Å². The van der Waals surface area contributed by atoms with E-state index in [1.165, 1.54) is 19.9 Å². The van der Waals surface area contributed by atoms with Crippen molar-refractivity contribution < 1.29 is 80.5 Å². The molecule has 0 bridgehead atoms. The number of aliphatic hydroxyl groups is 12. The smallest absolute Gasteiger partial charge is 0.250 e. The van der Waals surface area contributed by atoms with Crippen molar-refractivity contribution in [2.45, 2.75) is 88.5 Å². The molecule has 0 aromatic heterocycles. The van der Waals surface area contributed by atoms with Crippen molar-refractivity contribution >= 4 is 47.8 Å². The molecule has 0 heterocycles. The van der Waals surface area contributed by atoms with E-state index in [2.05, 4.69) is 10.3 Å². The van der Waals surface area contributed by atoms with Crippen LogP contribution in [-0.4, -0.2) is 167 Å². The average Bonchev–Trinajstić information content (AvgIpc) is 3.31. The first-order chi connectivity index (χ1) is 30.1. The van der Waals surface area contributed by atoms with Gasteiger partial charge in [-0.2, -0.15) is 0 Å². The van der Waals surface area contributed by atoms with E-state index in [9.17, 15) is 49.8 Å². The molecule has 3 amide bonds. The largest absolute Gasteiger partial charge is 0.397 e. The van der Waals surface area contributed by atoms with E-state index in [4.69, 9.17) is 47.8 Å². The Morgan fingerprint density at radius 2 is 1.05 bits per heavy atom. The van der Waals surface area contributed by atoms with Crippen molar-refractivity contribution in [3.05, 3.63) is 89.5 Å². The summed E-state index contributed by atoms with van der Waals surface area (Å²) in [6.45, 7) is 2.95. The van der Waals surface area contributed by atoms with Crippen LogP contribution in [0.2, 0.25) is 0 Å². The summed E-state index contributed by atoms with van der Waals surface area (Å²) in [5, 5.41) is 114. The number of nitrogens with two attached hydrogens (primary N) is 3. The molecule has 19 N–H and O–H groups in total. The summed E-state index contributed by atoms with van der Waals surface area (Å²) in [4.78, 5) is 46.4. The summed E-state index contributed by atoms with van der Waals surface area (Å²) >= 11 is 0. The van der Waals surface area contributed by atoms with Crippen molar-refractivity contribution in [3.8, 4) is 0 Å². The van der Waals surface area contributed by atoms with Crippen molar-refractivity contribution in [2.24, 2.45) is 34.2 Å². The van der Waals surface area contributed by atoms with Gasteiger partial charge in [0.25, 0.3) is 5.91 Å². The molecule has 0 saturated carbocycles. The highest BCUT2D eigenvalue weighted by Crippen LogP contribution is 2.20. The molecule has 3 aromatic rings. The Morgan fingerprint density at radius 3 is 1.52 bits per heavy atom. The van der Waals surface area contributed by atoms with Crippen molar-refractivity contribution in [3.63, 3.8) is 0 Å². The SMILES string of the molecule is CC(C(O)CO)C(O)C(O)C=Nc1ccccc1C(N)=O.CC(C(O)CO)C(O)C(O)C=O.CC(C(O)CO)C(O)C(O)CCc1ccccc1C(N)=O.Nc1ccccc1NC=O. The molecule has 0 aliphatic rings. The molecule has 64 heavy (non-hydrogen) atoms. The number of primary amides is 2. The van der Waals surface area contributed by atoms with Crippen LogP contribution in [0.5, 0.6) is 0 Å². The van der Waals surface area contributed by atoms with Gasteiger partial charge in [-0.15, -0.1) is 0 Å². The molecule has 12 atom stereocenters. The molecule has 3 aromatic carbocycles. The number of aliphatic hydroxyl groups excluding tert-OH is 12. The number of aldehydes is 1. The number of nitrogen functional groups attached to an aromatic ring is 1. The van der Waals surface area contributed by atoms with Gasteiger partial charge < -0.3 is 88.6 Å². The Morgan fingerprint density at radius 1 is 0.609 bits per heavy atom. The molecule has 21 heteroatoms. The first-order valence-electron chi connectivity index (χ1n) is 19.9. The topological polar surface area (TPSA) is 413 Å². The molecule has 0 spiro atoms. The van der Waals surface area contributed by atoms with Gasteiger partial charge in [-0.25, -0.2) is 0 Å². The molecule has 21 nitrogen and oxygen atoms in total. The normalized spacial score (nSPS) is 16.6. The number of hydrogen-bond acceptors (Lipinski definition) is 18. The Kier molecular flexibility index (Phi) is 29.0. The maximum Gasteiger partial charge on any atom is 0.250 e. The Balaban J connectivity index is 0.000000865. The van der Waals surface area contributed by atoms with Gasteiger partial charge in [0.15, 0.2) is 6.29 Å². The molecular weight excluding hydrogens is 842 g/mol. The number of benzene rings is 3. The minimum absolute atomic E-state index is 0.186. The van der Waals surface area contributed by atoms with Gasteiger partial charge >= 0.3 is 0 Å².